The molecule has 9 heteroatoms. The lowest BCUT2D eigenvalue weighted by molar-refractivity contribution is 0.578. The molecule has 0 spiro atoms. The average molecular weight is 360 g/mol. The van der Waals surface area contributed by atoms with E-state index >= 15 is 0 Å². The van der Waals surface area contributed by atoms with Crippen LogP contribution in [0.25, 0.3) is 0 Å². The molecule has 0 radical (unpaired) electrons. The number of sulfonamides is 1. The predicted octanol–water partition coefficient (Wildman–Crippen LogP) is 1.58. The zero-order valence-corrected chi connectivity index (χ0v) is 13.6. The fourth-order valence-electron chi connectivity index (χ4n) is 1.78. The Balaban J connectivity index is 2.47. The molecule has 1 aromatic carbocycles. The lowest BCUT2D eigenvalue weighted by atomic mass is 10.1. The Morgan fingerprint density at radius 3 is 2.55 bits per heavy atom. The Kier molecular flexibility index (Phi) is 3.74. The predicted molar refractivity (Wildman–Crippen MR) is 79.8 cm³/mol. The van der Waals surface area contributed by atoms with E-state index in [2.05, 4.69) is 31.0 Å². The second kappa shape index (κ2) is 5.06. The molecular formula is C11H14BrN5O2S. The Labute approximate surface area is 125 Å². The molecule has 7 nitrogen and oxygen atoms in total. The van der Waals surface area contributed by atoms with Gasteiger partial charge in [-0.3, -0.25) is 4.72 Å². The molecule has 1 heterocycles. The third-order valence-electron chi connectivity index (χ3n) is 2.97. The first-order valence-corrected chi connectivity index (χ1v) is 7.95. The van der Waals surface area contributed by atoms with Crippen LogP contribution in [0.1, 0.15) is 11.1 Å². The van der Waals surface area contributed by atoms with Crippen LogP contribution < -0.4 is 10.5 Å². The Hall–Kier alpha value is -1.61. The molecule has 2 rings (SSSR count). The number of aryl methyl sites for hydroxylation is 2. The largest absolute Gasteiger partial charge is 0.398 e. The summed E-state index contributed by atoms with van der Waals surface area (Å²) in [6.45, 7) is 3.62. The lowest BCUT2D eigenvalue weighted by Gasteiger charge is -2.13. The highest BCUT2D eigenvalue weighted by atomic mass is 79.9. The van der Waals surface area contributed by atoms with Crippen molar-refractivity contribution in [3.8, 4) is 0 Å². The molecule has 0 atom stereocenters. The van der Waals surface area contributed by atoms with Gasteiger partial charge in [-0.15, -0.1) is 5.10 Å². The van der Waals surface area contributed by atoms with Crippen LogP contribution in [-0.4, -0.2) is 23.4 Å². The van der Waals surface area contributed by atoms with E-state index in [1.54, 1.807) is 19.1 Å². The molecule has 108 valence electrons. The second-order valence-electron chi connectivity index (χ2n) is 4.38. The summed E-state index contributed by atoms with van der Waals surface area (Å²) in [7, 11) is -2.30. The highest BCUT2D eigenvalue weighted by molar-refractivity contribution is 9.10. The van der Waals surface area contributed by atoms with Crippen molar-refractivity contribution >= 4 is 37.3 Å². The number of nitrogens with two attached hydrogens (primary N) is 1. The van der Waals surface area contributed by atoms with Gasteiger partial charge in [-0.25, -0.2) is 4.68 Å². The minimum atomic E-state index is -3.80. The normalized spacial score (nSPS) is 11.6. The summed E-state index contributed by atoms with van der Waals surface area (Å²) in [6.07, 6.45) is 0. The standard InChI is InChI=1S/C11H14BrN5O2S/c1-6-4-5-8(7(2)9(6)13)15-20(18,19)11-10(12)14-16-17(11)3/h4-5,15H,13H2,1-3H3. The molecule has 0 amide bonds. The maximum Gasteiger partial charge on any atom is 0.281 e. The van der Waals surface area contributed by atoms with Crippen molar-refractivity contribution in [2.75, 3.05) is 10.5 Å². The van der Waals surface area contributed by atoms with Crippen molar-refractivity contribution in [2.24, 2.45) is 7.05 Å². The van der Waals surface area contributed by atoms with Gasteiger partial charge < -0.3 is 5.73 Å². The topological polar surface area (TPSA) is 103 Å². The molecule has 2 aromatic rings. The number of halogens is 1. The summed E-state index contributed by atoms with van der Waals surface area (Å²) in [5.74, 6) is 0. The molecule has 0 saturated heterocycles. The molecule has 0 saturated carbocycles. The molecule has 3 N–H and O–H groups in total. The van der Waals surface area contributed by atoms with Crippen LogP contribution in [-0.2, 0) is 17.1 Å². The Morgan fingerprint density at radius 1 is 1.35 bits per heavy atom. The zero-order chi connectivity index (χ0) is 15.1. The number of rotatable bonds is 3. The number of nitrogens with one attached hydrogen (secondary N) is 1. The molecule has 0 fully saturated rings. The summed E-state index contributed by atoms with van der Waals surface area (Å²) < 4.78 is 28.6. The third-order valence-corrected chi connectivity index (χ3v) is 5.22. The third kappa shape index (κ3) is 2.50. The van der Waals surface area contributed by atoms with Crippen molar-refractivity contribution < 1.29 is 8.42 Å². The van der Waals surface area contributed by atoms with Crippen LogP contribution in [0, 0.1) is 13.8 Å². The van der Waals surface area contributed by atoms with Crippen LogP contribution in [0.3, 0.4) is 0 Å². The highest BCUT2D eigenvalue weighted by Gasteiger charge is 2.24. The van der Waals surface area contributed by atoms with Gasteiger partial charge in [0.25, 0.3) is 10.0 Å². The SMILES string of the molecule is Cc1ccc(NS(=O)(=O)c2c(Br)nnn2C)c(C)c1N. The minimum Gasteiger partial charge on any atom is -0.398 e. The fourth-order valence-corrected chi connectivity index (χ4v) is 4.00. The number of benzene rings is 1. The van der Waals surface area contributed by atoms with Gasteiger partial charge in [-0.05, 0) is 47.0 Å². The van der Waals surface area contributed by atoms with Crippen molar-refractivity contribution in [1.82, 2.24) is 15.0 Å². The molecular weight excluding hydrogens is 346 g/mol. The monoisotopic (exact) mass is 359 g/mol. The van der Waals surface area contributed by atoms with Crippen LogP contribution in [0.4, 0.5) is 11.4 Å². The van der Waals surface area contributed by atoms with Crippen LogP contribution in [0.15, 0.2) is 21.8 Å². The first-order chi connectivity index (χ1) is 9.24. The van der Waals surface area contributed by atoms with Gasteiger partial charge in [0.1, 0.15) is 0 Å². The number of anilines is 2. The van der Waals surface area contributed by atoms with Gasteiger partial charge in [-0.1, -0.05) is 11.3 Å². The Morgan fingerprint density at radius 2 is 2.00 bits per heavy atom. The van der Waals surface area contributed by atoms with Crippen molar-refractivity contribution in [1.29, 1.82) is 0 Å². The van der Waals surface area contributed by atoms with Crippen LogP contribution >= 0.6 is 15.9 Å². The fraction of sp³-hybridized carbons (Fsp3) is 0.273. The van der Waals surface area contributed by atoms with E-state index in [0.29, 0.717) is 16.9 Å². The second-order valence-corrected chi connectivity index (χ2v) is 6.73. The number of hydrogen-bond donors (Lipinski definition) is 2. The highest BCUT2D eigenvalue weighted by Crippen LogP contribution is 2.27. The molecule has 0 unspecified atom stereocenters. The van der Waals surface area contributed by atoms with E-state index in [4.69, 9.17) is 5.73 Å². The molecule has 0 aliphatic carbocycles. The van der Waals surface area contributed by atoms with Crippen molar-refractivity contribution in [3.05, 3.63) is 27.9 Å². The van der Waals surface area contributed by atoms with E-state index in [9.17, 15) is 8.42 Å². The van der Waals surface area contributed by atoms with Gasteiger partial charge >= 0.3 is 0 Å². The summed E-state index contributed by atoms with van der Waals surface area (Å²) in [4.78, 5) is 0. The number of nitrogen functional groups attached to an aromatic ring is 1. The van der Waals surface area contributed by atoms with Gasteiger partial charge in [0.2, 0.25) is 5.03 Å². The van der Waals surface area contributed by atoms with E-state index in [0.717, 1.165) is 5.56 Å². The quantitative estimate of drug-likeness (QED) is 0.809. The van der Waals surface area contributed by atoms with E-state index in [1.807, 2.05) is 6.92 Å². The smallest absolute Gasteiger partial charge is 0.281 e. The van der Waals surface area contributed by atoms with Gasteiger partial charge in [0.05, 0.1) is 5.69 Å². The maximum atomic E-state index is 12.4. The Bertz CT molecular complexity index is 750. The number of nitrogens with zero attached hydrogens (tertiary/aromatic N) is 3. The van der Waals surface area contributed by atoms with Gasteiger partial charge in [0.15, 0.2) is 4.60 Å². The molecule has 20 heavy (non-hydrogen) atoms. The summed E-state index contributed by atoms with van der Waals surface area (Å²) >= 11 is 3.07. The number of hydrogen-bond acceptors (Lipinski definition) is 5. The van der Waals surface area contributed by atoms with Gasteiger partial charge in [-0.2, -0.15) is 8.42 Å². The van der Waals surface area contributed by atoms with Crippen molar-refractivity contribution in [3.63, 3.8) is 0 Å². The zero-order valence-electron chi connectivity index (χ0n) is 11.2. The summed E-state index contributed by atoms with van der Waals surface area (Å²) in [6, 6.07) is 3.44. The van der Waals surface area contributed by atoms with E-state index in [-0.39, 0.29) is 9.63 Å². The first kappa shape index (κ1) is 14.8. The maximum absolute atomic E-state index is 12.4. The molecule has 0 aliphatic rings. The van der Waals surface area contributed by atoms with Crippen LogP contribution in [0.5, 0.6) is 0 Å². The summed E-state index contributed by atoms with van der Waals surface area (Å²) in [5.41, 5.74) is 8.48. The molecule has 0 aliphatic heterocycles. The van der Waals surface area contributed by atoms with Crippen molar-refractivity contribution in [2.45, 2.75) is 18.9 Å². The van der Waals surface area contributed by atoms with Crippen LogP contribution in [0.2, 0.25) is 0 Å². The minimum absolute atomic E-state index is 0.0453. The number of aromatic nitrogens is 3. The molecule has 0 bridgehead atoms. The average Bonchev–Trinajstić information content (AvgIpc) is 2.70. The van der Waals surface area contributed by atoms with E-state index < -0.39 is 10.0 Å². The summed E-state index contributed by atoms with van der Waals surface area (Å²) in [5, 5.41) is 7.27. The lowest BCUT2D eigenvalue weighted by Crippen LogP contribution is -2.18. The first-order valence-electron chi connectivity index (χ1n) is 5.67. The van der Waals surface area contributed by atoms with E-state index in [1.165, 1.54) is 11.7 Å². The molecule has 1 aromatic heterocycles. The van der Waals surface area contributed by atoms with Gasteiger partial charge in [0, 0.05) is 12.7 Å².